The minimum atomic E-state index is -1.29. The molecule has 0 saturated carbocycles. The molecule has 8 N–H and O–H groups in total. The van der Waals surface area contributed by atoms with Gasteiger partial charge in [0, 0.05) is 43.0 Å². The number of amides is 1. The van der Waals surface area contributed by atoms with Gasteiger partial charge >= 0.3 is 11.9 Å². The zero-order valence-electron chi connectivity index (χ0n) is 17.2. The third kappa shape index (κ3) is 5.03. The molecule has 2 aromatic heterocycles. The molecule has 0 saturated heterocycles. The molecule has 2 heterocycles. The number of hydrogen-bond donors (Lipinski definition) is 6. The second-order valence-electron chi connectivity index (χ2n) is 7.20. The van der Waals surface area contributed by atoms with Crippen molar-refractivity contribution in [3.63, 3.8) is 0 Å². The fourth-order valence-electron chi connectivity index (χ4n) is 3.25. The van der Waals surface area contributed by atoms with Crippen LogP contribution in [0, 0.1) is 0 Å². The third-order valence-electron chi connectivity index (χ3n) is 4.89. The van der Waals surface area contributed by atoms with E-state index in [-0.39, 0.29) is 30.2 Å². The van der Waals surface area contributed by atoms with Crippen LogP contribution in [-0.2, 0) is 16.1 Å². The Morgan fingerprint density at radius 2 is 1.84 bits per heavy atom. The van der Waals surface area contributed by atoms with Gasteiger partial charge in [0.25, 0.3) is 5.91 Å². The maximum atomic E-state index is 12.4. The summed E-state index contributed by atoms with van der Waals surface area (Å²) in [6.07, 6.45) is 1.20. The van der Waals surface area contributed by atoms with Crippen molar-refractivity contribution in [3.8, 4) is 0 Å². The van der Waals surface area contributed by atoms with Gasteiger partial charge in [0.05, 0.1) is 5.39 Å². The minimum Gasteiger partial charge on any atom is -0.481 e. The van der Waals surface area contributed by atoms with Crippen molar-refractivity contribution in [2.24, 2.45) is 0 Å². The molecule has 168 valence electrons. The van der Waals surface area contributed by atoms with Crippen molar-refractivity contribution in [3.05, 3.63) is 41.6 Å². The molecule has 12 nitrogen and oxygen atoms in total. The zero-order valence-corrected chi connectivity index (χ0v) is 17.2. The molecule has 0 radical (unpaired) electrons. The second-order valence-corrected chi connectivity index (χ2v) is 7.20. The lowest BCUT2D eigenvalue weighted by Gasteiger charge is -2.20. The van der Waals surface area contributed by atoms with Crippen molar-refractivity contribution in [2.45, 2.75) is 25.4 Å². The molecule has 32 heavy (non-hydrogen) atoms. The maximum Gasteiger partial charge on any atom is 0.326 e. The number of carbonyl (C=O) groups excluding carboxylic acids is 1. The highest BCUT2D eigenvalue weighted by Gasteiger charge is 2.21. The number of fused-ring (bicyclic) bond motifs is 1. The number of nitrogens with one attached hydrogen (secondary N) is 2. The van der Waals surface area contributed by atoms with E-state index in [2.05, 4.69) is 20.3 Å². The van der Waals surface area contributed by atoms with Gasteiger partial charge < -0.3 is 36.9 Å². The number of nitrogen functional groups attached to an aromatic ring is 2. The van der Waals surface area contributed by atoms with Crippen LogP contribution in [0.25, 0.3) is 11.0 Å². The summed E-state index contributed by atoms with van der Waals surface area (Å²) in [6, 6.07) is 5.27. The van der Waals surface area contributed by atoms with Crippen molar-refractivity contribution in [1.29, 1.82) is 0 Å². The first-order valence-corrected chi connectivity index (χ1v) is 9.61. The van der Waals surface area contributed by atoms with Crippen LogP contribution in [0.2, 0.25) is 0 Å². The standard InChI is InChI=1S/C20H23N7O5/c1-27(9-11-8-23-17-15(11)16(21)25-20(22)26-17)12-4-2-10(3-5-12)18(30)24-13(19(31)32)6-7-14(28)29/h2-5,8,13H,6-7,9H2,1H3,(H,24,30)(H,28,29)(H,31,32)(H5,21,22,23,25,26). The number of rotatable bonds is 9. The zero-order chi connectivity index (χ0) is 23.4. The van der Waals surface area contributed by atoms with E-state index >= 15 is 0 Å². The molecule has 0 spiro atoms. The lowest BCUT2D eigenvalue weighted by Crippen LogP contribution is -2.41. The van der Waals surface area contributed by atoms with E-state index in [0.29, 0.717) is 17.6 Å². The number of nitrogens with zero attached hydrogens (tertiary/aromatic N) is 3. The Morgan fingerprint density at radius 1 is 1.16 bits per heavy atom. The highest BCUT2D eigenvalue weighted by molar-refractivity contribution is 5.97. The molecular weight excluding hydrogens is 418 g/mol. The molecule has 3 aromatic rings. The molecule has 0 aliphatic carbocycles. The van der Waals surface area contributed by atoms with Crippen LogP contribution in [0.15, 0.2) is 30.5 Å². The number of anilines is 3. The summed E-state index contributed by atoms with van der Waals surface area (Å²) in [4.78, 5) is 47.4. The van der Waals surface area contributed by atoms with Gasteiger partial charge in [0.1, 0.15) is 17.5 Å². The summed E-state index contributed by atoms with van der Waals surface area (Å²) in [7, 11) is 1.86. The van der Waals surface area contributed by atoms with E-state index in [1.165, 1.54) is 0 Å². The van der Waals surface area contributed by atoms with Crippen LogP contribution in [0.1, 0.15) is 28.8 Å². The number of H-pyrrole nitrogens is 1. The van der Waals surface area contributed by atoms with E-state index in [1.54, 1.807) is 30.5 Å². The molecule has 12 heteroatoms. The van der Waals surface area contributed by atoms with E-state index in [0.717, 1.165) is 11.3 Å². The Labute approximate surface area is 182 Å². The van der Waals surface area contributed by atoms with Crippen molar-refractivity contribution in [1.82, 2.24) is 20.3 Å². The van der Waals surface area contributed by atoms with Crippen molar-refractivity contribution < 1.29 is 24.6 Å². The number of nitrogens with two attached hydrogens (primary N) is 2. The topological polar surface area (TPSA) is 201 Å². The molecule has 0 bridgehead atoms. The normalized spacial score (nSPS) is 11.8. The van der Waals surface area contributed by atoms with Gasteiger partial charge in [-0.25, -0.2) is 4.79 Å². The van der Waals surface area contributed by atoms with Gasteiger partial charge in [-0.15, -0.1) is 0 Å². The number of carbonyl (C=O) groups is 3. The molecule has 0 aliphatic rings. The Hall–Kier alpha value is -4.35. The number of hydrogen-bond acceptors (Lipinski definition) is 8. The van der Waals surface area contributed by atoms with Gasteiger partial charge in [0.2, 0.25) is 5.95 Å². The van der Waals surface area contributed by atoms with E-state index in [4.69, 9.17) is 16.6 Å². The number of carboxylic acid groups (broad SMARTS) is 2. The number of carboxylic acids is 2. The van der Waals surface area contributed by atoms with E-state index in [1.807, 2.05) is 11.9 Å². The van der Waals surface area contributed by atoms with Gasteiger partial charge in [-0.1, -0.05) is 0 Å². The van der Waals surface area contributed by atoms with Crippen LogP contribution >= 0.6 is 0 Å². The van der Waals surface area contributed by atoms with Gasteiger partial charge in [-0.3, -0.25) is 9.59 Å². The van der Waals surface area contributed by atoms with Crippen LogP contribution in [0.5, 0.6) is 0 Å². The SMILES string of the molecule is CN(Cc1c[nH]c2nc(N)nc(N)c12)c1ccc(C(=O)NC(CCC(=O)O)C(=O)O)cc1. The summed E-state index contributed by atoms with van der Waals surface area (Å²) < 4.78 is 0. The van der Waals surface area contributed by atoms with Crippen molar-refractivity contribution >= 4 is 46.3 Å². The molecule has 3 rings (SSSR count). The average molecular weight is 441 g/mol. The highest BCUT2D eigenvalue weighted by atomic mass is 16.4. The smallest absolute Gasteiger partial charge is 0.326 e. The maximum absolute atomic E-state index is 12.4. The predicted molar refractivity (Wildman–Crippen MR) is 117 cm³/mol. The van der Waals surface area contributed by atoms with Gasteiger partial charge in [-0.05, 0) is 30.7 Å². The Balaban J connectivity index is 1.69. The molecule has 0 fully saturated rings. The lowest BCUT2D eigenvalue weighted by molar-refractivity contribution is -0.140. The Morgan fingerprint density at radius 3 is 2.47 bits per heavy atom. The monoisotopic (exact) mass is 441 g/mol. The first kappa shape index (κ1) is 22.3. The number of benzene rings is 1. The van der Waals surface area contributed by atoms with E-state index < -0.39 is 23.9 Å². The average Bonchev–Trinajstić information content (AvgIpc) is 3.13. The van der Waals surface area contributed by atoms with Crippen LogP contribution < -0.4 is 21.7 Å². The molecular formula is C20H23N7O5. The summed E-state index contributed by atoms with van der Waals surface area (Å²) in [5.74, 6) is -2.67. The number of aromatic nitrogens is 3. The summed E-state index contributed by atoms with van der Waals surface area (Å²) in [5, 5.41) is 20.9. The van der Waals surface area contributed by atoms with Gasteiger partial charge in [-0.2, -0.15) is 9.97 Å². The van der Waals surface area contributed by atoms with Gasteiger partial charge in [0.15, 0.2) is 0 Å². The predicted octanol–water partition coefficient (Wildman–Crippen LogP) is 0.807. The summed E-state index contributed by atoms with van der Waals surface area (Å²) in [5.41, 5.74) is 14.1. The van der Waals surface area contributed by atoms with Crippen molar-refractivity contribution in [2.75, 3.05) is 23.4 Å². The lowest BCUT2D eigenvalue weighted by atomic mass is 10.1. The quantitative estimate of drug-likeness (QED) is 0.276. The molecule has 1 aromatic carbocycles. The summed E-state index contributed by atoms with van der Waals surface area (Å²) >= 11 is 0. The third-order valence-corrected chi connectivity index (χ3v) is 4.89. The van der Waals surface area contributed by atoms with Crippen LogP contribution in [0.3, 0.4) is 0 Å². The molecule has 1 unspecified atom stereocenters. The Kier molecular flexibility index (Phi) is 6.42. The largest absolute Gasteiger partial charge is 0.481 e. The summed E-state index contributed by atoms with van der Waals surface area (Å²) in [6.45, 7) is 0.472. The number of aliphatic carboxylic acids is 2. The van der Waals surface area contributed by atoms with Crippen LogP contribution in [-0.4, -0.2) is 56.1 Å². The fraction of sp³-hybridized carbons (Fsp3) is 0.250. The minimum absolute atomic E-state index is 0.0821. The first-order chi connectivity index (χ1) is 15.2. The Bertz CT molecular complexity index is 1160. The van der Waals surface area contributed by atoms with Crippen LogP contribution in [0.4, 0.5) is 17.5 Å². The molecule has 0 aliphatic heterocycles. The fourth-order valence-corrected chi connectivity index (χ4v) is 3.25. The highest BCUT2D eigenvalue weighted by Crippen LogP contribution is 2.25. The molecule has 1 amide bonds. The first-order valence-electron chi connectivity index (χ1n) is 9.61. The molecule has 1 atom stereocenters. The van der Waals surface area contributed by atoms with E-state index in [9.17, 15) is 19.5 Å². The number of aromatic amines is 1. The second kappa shape index (κ2) is 9.20.